The second-order valence-electron chi connectivity index (χ2n) is 3.89. The topological polar surface area (TPSA) is 91.1 Å². The van der Waals surface area contributed by atoms with E-state index in [4.69, 9.17) is 10.00 Å². The van der Waals surface area contributed by atoms with Crippen molar-refractivity contribution < 1.29 is 9.84 Å². The molecule has 2 aromatic rings. The molecule has 0 aliphatic rings. The van der Waals surface area contributed by atoms with Gasteiger partial charge >= 0.3 is 0 Å². The van der Waals surface area contributed by atoms with E-state index in [9.17, 15) is 5.11 Å². The molecule has 2 N–H and O–H groups in total. The van der Waals surface area contributed by atoms with Crippen LogP contribution in [-0.4, -0.2) is 33.1 Å². The number of aromatic nitrogens is 2. The first kappa shape index (κ1) is 14.7. The Balaban J connectivity index is 1.85. The number of nitrogens with one attached hydrogen (secondary N) is 1. The average Bonchev–Trinajstić information content (AvgIpc) is 2.96. The van der Waals surface area contributed by atoms with Crippen LogP contribution in [-0.2, 0) is 0 Å². The van der Waals surface area contributed by atoms with E-state index in [1.54, 1.807) is 18.2 Å². The molecule has 0 radical (unpaired) electrons. The molecule has 0 aliphatic heterocycles. The molecule has 0 spiro atoms. The van der Waals surface area contributed by atoms with E-state index in [0.29, 0.717) is 17.1 Å². The van der Waals surface area contributed by atoms with Gasteiger partial charge in [-0.15, -0.1) is 4.37 Å². The predicted octanol–water partition coefficient (Wildman–Crippen LogP) is 2.02. The number of rotatable bonds is 6. The van der Waals surface area contributed by atoms with Gasteiger partial charge in [-0.05, 0) is 18.2 Å². The van der Waals surface area contributed by atoms with Crippen molar-refractivity contribution in [2.45, 2.75) is 6.10 Å². The summed E-state index contributed by atoms with van der Waals surface area (Å²) in [5, 5.41) is 21.8. The fourth-order valence-electron chi connectivity index (χ4n) is 1.45. The molecule has 20 heavy (non-hydrogen) atoms. The summed E-state index contributed by atoms with van der Waals surface area (Å²) in [6, 6.07) is 7.37. The third-order valence-corrected chi connectivity index (χ3v) is 3.35. The molecule has 0 saturated heterocycles. The normalized spacial score (nSPS) is 11.7. The minimum absolute atomic E-state index is 0.105. The van der Waals surface area contributed by atoms with Gasteiger partial charge in [-0.1, -0.05) is 15.9 Å². The highest BCUT2D eigenvalue weighted by Crippen LogP contribution is 2.20. The Morgan fingerprint density at radius 3 is 3.10 bits per heavy atom. The number of halogens is 1. The van der Waals surface area contributed by atoms with Gasteiger partial charge in [0.25, 0.3) is 0 Å². The van der Waals surface area contributed by atoms with Crippen LogP contribution < -0.4 is 10.1 Å². The number of nitriles is 1. The number of anilines is 1. The Morgan fingerprint density at radius 1 is 1.55 bits per heavy atom. The molecule has 2 rings (SSSR count). The number of aliphatic hydroxyl groups excluding tert-OH is 1. The predicted molar refractivity (Wildman–Crippen MR) is 78.8 cm³/mol. The zero-order chi connectivity index (χ0) is 14.4. The molecule has 8 heteroatoms. The van der Waals surface area contributed by atoms with Crippen LogP contribution in [0.2, 0.25) is 0 Å². The molecule has 1 aromatic heterocycles. The van der Waals surface area contributed by atoms with E-state index in [1.165, 1.54) is 6.20 Å². The lowest BCUT2D eigenvalue weighted by Crippen LogP contribution is -2.26. The lowest BCUT2D eigenvalue weighted by atomic mass is 10.2. The number of hydrogen-bond acceptors (Lipinski definition) is 7. The molecule has 0 fully saturated rings. The standard InChI is InChI=1S/C12H11BrN4O2S/c13-9-2-1-8(4-14)11(3-9)15-5-10(18)7-19-12-6-16-20-17-12/h1-3,6,10,15,18H,5,7H2. The molecule has 6 nitrogen and oxygen atoms in total. The quantitative estimate of drug-likeness (QED) is 0.824. The van der Waals surface area contributed by atoms with Crippen molar-refractivity contribution in [1.29, 1.82) is 5.26 Å². The maximum absolute atomic E-state index is 9.82. The van der Waals surface area contributed by atoms with Gasteiger partial charge in [0.1, 0.15) is 25.0 Å². The highest BCUT2D eigenvalue weighted by atomic mass is 79.9. The Hall–Kier alpha value is -1.69. The molecule has 104 valence electrons. The summed E-state index contributed by atoms with van der Waals surface area (Å²) in [5.74, 6) is 0.397. The van der Waals surface area contributed by atoms with E-state index in [2.05, 4.69) is 36.1 Å². The number of ether oxygens (including phenoxy) is 1. The minimum Gasteiger partial charge on any atom is -0.473 e. The third kappa shape index (κ3) is 4.16. The number of benzene rings is 1. The largest absolute Gasteiger partial charge is 0.473 e. The second kappa shape index (κ2) is 7.19. The summed E-state index contributed by atoms with van der Waals surface area (Å²) in [5.41, 5.74) is 1.18. The van der Waals surface area contributed by atoms with Gasteiger partial charge in [-0.2, -0.15) is 9.64 Å². The summed E-state index contributed by atoms with van der Waals surface area (Å²) in [6.07, 6.45) is 0.773. The number of nitrogens with zero attached hydrogens (tertiary/aromatic N) is 3. The molecule has 1 atom stereocenters. The van der Waals surface area contributed by atoms with E-state index in [-0.39, 0.29) is 13.2 Å². The molecule has 0 saturated carbocycles. The first-order valence-electron chi connectivity index (χ1n) is 5.71. The maximum atomic E-state index is 9.82. The fraction of sp³-hybridized carbons (Fsp3) is 0.250. The van der Waals surface area contributed by atoms with Gasteiger partial charge in [0.15, 0.2) is 0 Å². The van der Waals surface area contributed by atoms with Crippen molar-refractivity contribution in [3.63, 3.8) is 0 Å². The van der Waals surface area contributed by atoms with Crippen LogP contribution in [0.15, 0.2) is 28.9 Å². The fourth-order valence-corrected chi connectivity index (χ4v) is 2.17. The zero-order valence-corrected chi connectivity index (χ0v) is 12.7. The van der Waals surface area contributed by atoms with Crippen LogP contribution in [0.1, 0.15) is 5.56 Å². The lowest BCUT2D eigenvalue weighted by molar-refractivity contribution is 0.115. The van der Waals surface area contributed by atoms with Crippen molar-refractivity contribution in [2.24, 2.45) is 0 Å². The summed E-state index contributed by atoms with van der Waals surface area (Å²) in [7, 11) is 0. The van der Waals surface area contributed by atoms with E-state index in [1.807, 2.05) is 0 Å². The molecule has 0 bridgehead atoms. The first-order valence-corrected chi connectivity index (χ1v) is 7.23. The molecule has 1 unspecified atom stereocenters. The second-order valence-corrected chi connectivity index (χ2v) is 5.37. The summed E-state index contributed by atoms with van der Waals surface area (Å²) in [6.45, 7) is 0.372. The molecule has 0 amide bonds. The highest BCUT2D eigenvalue weighted by Gasteiger charge is 2.08. The van der Waals surface area contributed by atoms with E-state index < -0.39 is 6.10 Å². The van der Waals surface area contributed by atoms with Gasteiger partial charge < -0.3 is 15.2 Å². The lowest BCUT2D eigenvalue weighted by Gasteiger charge is -2.13. The van der Waals surface area contributed by atoms with Crippen LogP contribution in [0.25, 0.3) is 0 Å². The Labute approximate surface area is 128 Å². The third-order valence-electron chi connectivity index (χ3n) is 2.39. The van der Waals surface area contributed by atoms with Crippen LogP contribution in [0.4, 0.5) is 5.69 Å². The first-order chi connectivity index (χ1) is 9.69. The van der Waals surface area contributed by atoms with E-state index in [0.717, 1.165) is 16.2 Å². The summed E-state index contributed by atoms with van der Waals surface area (Å²) < 4.78 is 13.8. The van der Waals surface area contributed by atoms with Gasteiger partial charge in [0, 0.05) is 11.0 Å². The number of hydrogen-bond donors (Lipinski definition) is 2. The monoisotopic (exact) mass is 354 g/mol. The molecule has 0 aliphatic carbocycles. The van der Waals surface area contributed by atoms with Gasteiger partial charge in [0.05, 0.1) is 23.0 Å². The molecule has 1 heterocycles. The Kier molecular flexibility index (Phi) is 5.29. The summed E-state index contributed by atoms with van der Waals surface area (Å²) in [4.78, 5) is 0. The highest BCUT2D eigenvalue weighted by molar-refractivity contribution is 9.10. The smallest absolute Gasteiger partial charge is 0.245 e. The number of aliphatic hydroxyl groups is 1. The Morgan fingerprint density at radius 2 is 2.40 bits per heavy atom. The van der Waals surface area contributed by atoms with Crippen LogP contribution >= 0.6 is 27.7 Å². The van der Waals surface area contributed by atoms with Crippen molar-refractivity contribution in [3.8, 4) is 11.9 Å². The van der Waals surface area contributed by atoms with Crippen molar-refractivity contribution in [3.05, 3.63) is 34.4 Å². The molecular formula is C12H11BrN4O2S. The van der Waals surface area contributed by atoms with Gasteiger partial charge in [0.2, 0.25) is 5.88 Å². The average molecular weight is 355 g/mol. The zero-order valence-electron chi connectivity index (χ0n) is 10.3. The van der Waals surface area contributed by atoms with Crippen LogP contribution in [0, 0.1) is 11.3 Å². The minimum atomic E-state index is -0.720. The molecule has 1 aromatic carbocycles. The van der Waals surface area contributed by atoms with E-state index >= 15 is 0 Å². The Bertz CT molecular complexity index is 600. The van der Waals surface area contributed by atoms with Gasteiger partial charge in [-0.25, -0.2) is 0 Å². The van der Waals surface area contributed by atoms with Crippen LogP contribution in [0.5, 0.6) is 5.88 Å². The van der Waals surface area contributed by atoms with Crippen molar-refractivity contribution in [1.82, 2.24) is 8.75 Å². The summed E-state index contributed by atoms with van der Waals surface area (Å²) >= 11 is 4.38. The maximum Gasteiger partial charge on any atom is 0.245 e. The molecular weight excluding hydrogens is 344 g/mol. The van der Waals surface area contributed by atoms with Crippen LogP contribution in [0.3, 0.4) is 0 Å². The van der Waals surface area contributed by atoms with Crippen molar-refractivity contribution in [2.75, 3.05) is 18.5 Å². The van der Waals surface area contributed by atoms with Crippen molar-refractivity contribution >= 4 is 33.3 Å². The SMILES string of the molecule is N#Cc1ccc(Br)cc1NCC(O)COc1cnsn1. The van der Waals surface area contributed by atoms with Gasteiger partial charge in [-0.3, -0.25) is 0 Å².